The van der Waals surface area contributed by atoms with Gasteiger partial charge in [-0.05, 0) is 74.9 Å². The summed E-state index contributed by atoms with van der Waals surface area (Å²) in [5.41, 5.74) is 3.72. The minimum Gasteiger partial charge on any atom is -0.342 e. The van der Waals surface area contributed by atoms with E-state index in [0.29, 0.717) is 25.8 Å². The molecule has 0 fully saturated rings. The molecule has 0 radical (unpaired) electrons. The van der Waals surface area contributed by atoms with Crippen LogP contribution in [0.15, 0.2) is 66.7 Å². The molecular formula is C30H32Cl2N4O3. The molecule has 204 valence electrons. The first kappa shape index (κ1) is 28.6. The molecule has 0 bridgehead atoms. The fourth-order valence-electron chi connectivity index (χ4n) is 4.68. The van der Waals surface area contributed by atoms with Crippen LogP contribution in [0.4, 0.5) is 16.2 Å². The fraction of sp³-hybridized carbons (Fsp3) is 0.300. The molecule has 0 saturated carbocycles. The zero-order chi connectivity index (χ0) is 28.1. The van der Waals surface area contributed by atoms with Gasteiger partial charge in [0.1, 0.15) is 0 Å². The second-order valence-corrected chi connectivity index (χ2v) is 10.7. The number of carbonyl (C=O) groups excluding carboxylic acids is 3. The molecule has 7 nitrogen and oxygen atoms in total. The van der Waals surface area contributed by atoms with Gasteiger partial charge in [-0.25, -0.2) is 4.79 Å². The van der Waals surface area contributed by atoms with Gasteiger partial charge in [0.25, 0.3) is 5.91 Å². The molecule has 0 aliphatic carbocycles. The predicted octanol–water partition coefficient (Wildman–Crippen LogP) is 5.82. The maximum Gasteiger partial charge on any atom is 0.329 e. The second kappa shape index (κ2) is 12.6. The number of fused-ring (bicyclic) bond motifs is 1. The van der Waals surface area contributed by atoms with Crippen molar-refractivity contribution in [3.05, 3.63) is 93.5 Å². The maximum absolute atomic E-state index is 13.2. The van der Waals surface area contributed by atoms with Crippen molar-refractivity contribution < 1.29 is 14.4 Å². The molecule has 4 rings (SSSR count). The van der Waals surface area contributed by atoms with Gasteiger partial charge in [-0.1, -0.05) is 59.6 Å². The van der Waals surface area contributed by atoms with E-state index in [1.807, 2.05) is 67.5 Å². The lowest BCUT2D eigenvalue weighted by molar-refractivity contribution is -0.121. The van der Waals surface area contributed by atoms with Crippen molar-refractivity contribution in [2.45, 2.75) is 31.8 Å². The highest BCUT2D eigenvalue weighted by Crippen LogP contribution is 2.31. The molecule has 0 saturated heterocycles. The van der Waals surface area contributed by atoms with Gasteiger partial charge in [0, 0.05) is 19.2 Å². The summed E-state index contributed by atoms with van der Waals surface area (Å²) in [5, 5.41) is 3.31. The van der Waals surface area contributed by atoms with E-state index in [1.54, 1.807) is 35.0 Å². The Hall–Kier alpha value is -3.39. The Balaban J connectivity index is 1.52. The monoisotopic (exact) mass is 566 g/mol. The molecule has 0 spiro atoms. The van der Waals surface area contributed by atoms with Crippen LogP contribution in [0.2, 0.25) is 10.0 Å². The Morgan fingerprint density at radius 2 is 1.64 bits per heavy atom. The summed E-state index contributed by atoms with van der Waals surface area (Å²) in [6, 6.07) is 19.3. The highest BCUT2D eigenvalue weighted by Gasteiger charge is 2.29. The van der Waals surface area contributed by atoms with Gasteiger partial charge in [0.05, 0.1) is 33.9 Å². The molecule has 3 aromatic rings. The van der Waals surface area contributed by atoms with Crippen molar-refractivity contribution >= 4 is 52.3 Å². The Labute approximate surface area is 239 Å². The normalized spacial score (nSPS) is 13.8. The van der Waals surface area contributed by atoms with Crippen molar-refractivity contribution in [2.75, 3.05) is 37.5 Å². The van der Waals surface area contributed by atoms with E-state index < -0.39 is 11.9 Å². The topological polar surface area (TPSA) is 73.0 Å². The standard InChI is InChI=1S/C30H32Cl2N4O3/c1-34(2)17-7-12-27(37)25(33-29(38)28-23(31)9-6-10-24(28)32)18-20-13-15-22(16-14-20)36-19-21-8-4-5-11-26(21)35(3)30(36)39/h4-6,8-11,13-16,25H,7,12,17-19H2,1-3H3,(H,33,38)/t25-/m0/s1. The number of hydrogen-bond acceptors (Lipinski definition) is 4. The van der Waals surface area contributed by atoms with E-state index >= 15 is 0 Å². The zero-order valence-corrected chi connectivity index (χ0v) is 23.8. The first-order valence-corrected chi connectivity index (χ1v) is 13.6. The van der Waals surface area contributed by atoms with Crippen LogP contribution in [0, 0.1) is 0 Å². The van der Waals surface area contributed by atoms with Crippen LogP contribution < -0.4 is 15.1 Å². The number of carbonyl (C=O) groups is 3. The quantitative estimate of drug-likeness (QED) is 0.335. The Kier molecular flexibility index (Phi) is 9.28. The molecule has 0 unspecified atom stereocenters. The van der Waals surface area contributed by atoms with Gasteiger partial charge in [-0.2, -0.15) is 0 Å². The molecule has 0 aromatic heterocycles. The number of nitrogens with zero attached hydrogens (tertiary/aromatic N) is 3. The third-order valence-corrected chi connectivity index (χ3v) is 7.43. The number of para-hydroxylation sites is 1. The third-order valence-electron chi connectivity index (χ3n) is 6.80. The van der Waals surface area contributed by atoms with Crippen LogP contribution in [0.3, 0.4) is 0 Å². The number of halogens is 2. The van der Waals surface area contributed by atoms with Crippen LogP contribution in [0.5, 0.6) is 0 Å². The van der Waals surface area contributed by atoms with Gasteiger partial charge < -0.3 is 10.2 Å². The maximum atomic E-state index is 13.2. The van der Waals surface area contributed by atoms with Crippen molar-refractivity contribution in [1.82, 2.24) is 10.2 Å². The number of ketones is 1. The van der Waals surface area contributed by atoms with Crippen molar-refractivity contribution in [3.63, 3.8) is 0 Å². The van der Waals surface area contributed by atoms with Gasteiger partial charge in [0.15, 0.2) is 5.78 Å². The molecule has 3 amide bonds. The number of benzene rings is 3. The summed E-state index contributed by atoms with van der Waals surface area (Å²) in [6.45, 7) is 1.24. The number of Topliss-reactive ketones (excluding diaryl/α,β-unsaturated/α-hetero) is 1. The number of rotatable bonds is 10. The van der Waals surface area contributed by atoms with Crippen LogP contribution >= 0.6 is 23.2 Å². The largest absolute Gasteiger partial charge is 0.342 e. The summed E-state index contributed by atoms with van der Waals surface area (Å²) in [7, 11) is 5.67. The van der Waals surface area contributed by atoms with Gasteiger partial charge in [0.2, 0.25) is 0 Å². The van der Waals surface area contributed by atoms with Crippen LogP contribution in [-0.2, 0) is 17.8 Å². The molecule has 1 aliphatic heterocycles. The first-order valence-electron chi connectivity index (χ1n) is 12.8. The van der Waals surface area contributed by atoms with E-state index in [2.05, 4.69) is 5.32 Å². The van der Waals surface area contributed by atoms with Crippen molar-refractivity contribution in [3.8, 4) is 0 Å². The average Bonchev–Trinajstić information content (AvgIpc) is 2.90. The first-order chi connectivity index (χ1) is 18.7. The van der Waals surface area contributed by atoms with E-state index in [-0.39, 0.29) is 27.4 Å². The molecule has 1 N–H and O–H groups in total. The summed E-state index contributed by atoms with van der Waals surface area (Å²) in [5.74, 6) is -0.560. The van der Waals surface area contributed by atoms with E-state index in [9.17, 15) is 14.4 Å². The molecule has 3 aromatic carbocycles. The van der Waals surface area contributed by atoms with E-state index in [4.69, 9.17) is 23.2 Å². The van der Waals surface area contributed by atoms with Gasteiger partial charge >= 0.3 is 6.03 Å². The van der Waals surface area contributed by atoms with Crippen molar-refractivity contribution in [1.29, 1.82) is 0 Å². The molecular weight excluding hydrogens is 535 g/mol. The lowest BCUT2D eigenvalue weighted by Gasteiger charge is -2.35. The third kappa shape index (κ3) is 6.79. The second-order valence-electron chi connectivity index (χ2n) is 9.92. The van der Waals surface area contributed by atoms with Crippen LogP contribution in [0.25, 0.3) is 0 Å². The van der Waals surface area contributed by atoms with Crippen LogP contribution in [0.1, 0.15) is 34.3 Å². The lowest BCUT2D eigenvalue weighted by Crippen LogP contribution is -2.45. The van der Waals surface area contributed by atoms with Gasteiger partial charge in [-0.3, -0.25) is 19.4 Å². The van der Waals surface area contributed by atoms with E-state index in [1.165, 1.54) is 0 Å². The Morgan fingerprint density at radius 3 is 2.31 bits per heavy atom. The zero-order valence-electron chi connectivity index (χ0n) is 22.3. The summed E-state index contributed by atoms with van der Waals surface area (Å²) in [6.07, 6.45) is 1.30. The smallest absolute Gasteiger partial charge is 0.329 e. The predicted molar refractivity (Wildman–Crippen MR) is 157 cm³/mol. The highest BCUT2D eigenvalue weighted by molar-refractivity contribution is 6.39. The minimum atomic E-state index is -0.757. The van der Waals surface area contributed by atoms with E-state index in [0.717, 1.165) is 29.0 Å². The highest BCUT2D eigenvalue weighted by atomic mass is 35.5. The number of nitrogens with one attached hydrogen (secondary N) is 1. The number of hydrogen-bond donors (Lipinski definition) is 1. The molecule has 1 aliphatic rings. The Bertz CT molecular complexity index is 1340. The number of anilines is 2. The number of amides is 3. The number of urea groups is 1. The molecule has 9 heteroatoms. The molecule has 1 heterocycles. The summed E-state index contributed by atoms with van der Waals surface area (Å²) >= 11 is 12.5. The average molecular weight is 568 g/mol. The van der Waals surface area contributed by atoms with Gasteiger partial charge in [-0.15, -0.1) is 0 Å². The molecule has 39 heavy (non-hydrogen) atoms. The molecule has 1 atom stereocenters. The Morgan fingerprint density at radius 1 is 0.974 bits per heavy atom. The van der Waals surface area contributed by atoms with Crippen molar-refractivity contribution in [2.24, 2.45) is 0 Å². The minimum absolute atomic E-state index is 0.0677. The van der Waals surface area contributed by atoms with Crippen LogP contribution in [-0.4, -0.2) is 56.4 Å². The summed E-state index contributed by atoms with van der Waals surface area (Å²) in [4.78, 5) is 44.7. The lowest BCUT2D eigenvalue weighted by atomic mass is 9.98. The summed E-state index contributed by atoms with van der Waals surface area (Å²) < 4.78 is 0. The fourth-order valence-corrected chi connectivity index (χ4v) is 5.25. The SMILES string of the molecule is CN(C)CCCC(=O)[C@H](Cc1ccc(N2Cc3ccccc3N(C)C2=O)cc1)NC(=O)c1c(Cl)cccc1Cl.